The van der Waals surface area contributed by atoms with Gasteiger partial charge in [-0.25, -0.2) is 9.07 Å². The van der Waals surface area contributed by atoms with Gasteiger partial charge in [0.15, 0.2) is 0 Å². The van der Waals surface area contributed by atoms with Crippen molar-refractivity contribution in [2.24, 2.45) is 0 Å². The fourth-order valence-electron chi connectivity index (χ4n) is 4.30. The van der Waals surface area contributed by atoms with Crippen LogP contribution in [0.15, 0.2) is 60.9 Å². The maximum atomic E-state index is 13.0. The second kappa shape index (κ2) is 9.12. The number of hydrogen-bond donors (Lipinski definition) is 1. The summed E-state index contributed by atoms with van der Waals surface area (Å²) in [5.74, 6) is 0.218. The summed E-state index contributed by atoms with van der Waals surface area (Å²) >= 11 is 0. The lowest BCUT2D eigenvalue weighted by molar-refractivity contribution is 0.0493. The van der Waals surface area contributed by atoms with Crippen LogP contribution >= 0.6 is 0 Å². The van der Waals surface area contributed by atoms with Gasteiger partial charge < -0.3 is 15.0 Å². The number of likely N-dealkylation sites (tertiary alicyclic amines) is 1. The molecule has 1 saturated heterocycles. The number of benzene rings is 2. The highest BCUT2D eigenvalue weighted by atomic mass is 19.1. The number of amides is 1. The van der Waals surface area contributed by atoms with Gasteiger partial charge in [-0.15, -0.1) is 0 Å². The minimum absolute atomic E-state index is 0.267. The van der Waals surface area contributed by atoms with Gasteiger partial charge in [-0.05, 0) is 74.2 Å². The molecule has 1 saturated carbocycles. The second-order valence-electron chi connectivity index (χ2n) is 8.57. The maximum absolute atomic E-state index is 13.0. The van der Waals surface area contributed by atoms with Crippen molar-refractivity contribution in [3.63, 3.8) is 0 Å². The lowest BCUT2D eigenvalue weighted by Gasteiger charge is -2.41. The summed E-state index contributed by atoms with van der Waals surface area (Å²) in [7, 11) is 0. The van der Waals surface area contributed by atoms with Crippen LogP contribution in [0.5, 0.6) is 5.75 Å². The van der Waals surface area contributed by atoms with E-state index in [2.05, 4.69) is 15.3 Å². The molecule has 5 rings (SSSR count). The summed E-state index contributed by atoms with van der Waals surface area (Å²) in [6, 6.07) is 14.2. The van der Waals surface area contributed by atoms with Gasteiger partial charge in [0.25, 0.3) is 5.91 Å². The van der Waals surface area contributed by atoms with Gasteiger partial charge in [-0.2, -0.15) is 5.10 Å². The molecule has 1 N–H and O–H groups in total. The Bertz CT molecular complexity index is 1050. The van der Waals surface area contributed by atoms with Crippen LogP contribution < -0.4 is 10.1 Å². The molecular weight excluding hydrogens is 407 g/mol. The van der Waals surface area contributed by atoms with Gasteiger partial charge in [0, 0.05) is 31.0 Å². The third kappa shape index (κ3) is 4.67. The van der Waals surface area contributed by atoms with E-state index in [0.29, 0.717) is 11.3 Å². The van der Waals surface area contributed by atoms with Crippen LogP contribution in [0.3, 0.4) is 0 Å². The topological polar surface area (TPSA) is 59.4 Å². The summed E-state index contributed by atoms with van der Waals surface area (Å²) in [6.07, 6.45) is 9.69. The average Bonchev–Trinajstić information content (AvgIpc) is 3.27. The third-order valence-corrected chi connectivity index (χ3v) is 6.42. The number of hydrogen-bond acceptors (Lipinski definition) is 4. The van der Waals surface area contributed by atoms with Crippen LogP contribution in [-0.4, -0.2) is 45.8 Å². The number of carbonyl (C=O) groups excluding carboxylic acids is 1. The van der Waals surface area contributed by atoms with E-state index in [9.17, 15) is 9.18 Å². The Morgan fingerprint density at radius 1 is 1.00 bits per heavy atom. The lowest BCUT2D eigenvalue weighted by Crippen LogP contribution is -2.46. The zero-order valence-corrected chi connectivity index (χ0v) is 17.9. The summed E-state index contributed by atoms with van der Waals surface area (Å²) < 4.78 is 20.9. The Labute approximate surface area is 187 Å². The first-order chi connectivity index (χ1) is 15.6. The van der Waals surface area contributed by atoms with E-state index in [0.717, 1.165) is 43.4 Å². The quantitative estimate of drug-likeness (QED) is 0.613. The molecule has 2 heterocycles. The van der Waals surface area contributed by atoms with E-state index in [1.54, 1.807) is 10.9 Å². The molecule has 0 bridgehead atoms. The summed E-state index contributed by atoms with van der Waals surface area (Å²) in [4.78, 5) is 15.0. The van der Waals surface area contributed by atoms with E-state index in [4.69, 9.17) is 4.74 Å². The van der Waals surface area contributed by atoms with Gasteiger partial charge in [0.05, 0.1) is 17.4 Å². The first kappa shape index (κ1) is 20.7. The minimum Gasteiger partial charge on any atom is -0.490 e. The monoisotopic (exact) mass is 434 g/mol. The number of nitrogens with one attached hydrogen (secondary N) is 1. The van der Waals surface area contributed by atoms with Crippen molar-refractivity contribution < 1.29 is 13.9 Å². The third-order valence-electron chi connectivity index (χ3n) is 6.42. The molecule has 32 heavy (non-hydrogen) atoms. The fourth-order valence-corrected chi connectivity index (χ4v) is 4.30. The molecule has 2 aromatic carbocycles. The number of ether oxygens (including phenoxy) is 1. The van der Waals surface area contributed by atoms with Crippen LogP contribution in [0.2, 0.25) is 0 Å². The van der Waals surface area contributed by atoms with E-state index in [-0.39, 0.29) is 17.8 Å². The predicted molar refractivity (Wildman–Crippen MR) is 121 cm³/mol. The van der Waals surface area contributed by atoms with Crippen molar-refractivity contribution in [2.45, 2.75) is 44.2 Å². The molecule has 6 nitrogen and oxygen atoms in total. The van der Waals surface area contributed by atoms with Crippen molar-refractivity contribution in [2.75, 3.05) is 18.4 Å². The molecule has 7 heteroatoms. The predicted octanol–water partition coefficient (Wildman–Crippen LogP) is 4.66. The highest BCUT2D eigenvalue weighted by molar-refractivity contribution is 6.03. The van der Waals surface area contributed by atoms with Crippen molar-refractivity contribution in [3.8, 4) is 11.4 Å². The Morgan fingerprint density at radius 2 is 1.72 bits per heavy atom. The number of aromatic nitrogens is 2. The molecule has 1 aliphatic carbocycles. The van der Waals surface area contributed by atoms with Crippen molar-refractivity contribution in [3.05, 3.63) is 72.3 Å². The van der Waals surface area contributed by atoms with E-state index < -0.39 is 0 Å². The van der Waals surface area contributed by atoms with E-state index in [1.807, 2.05) is 24.3 Å². The minimum atomic E-state index is -0.345. The van der Waals surface area contributed by atoms with Crippen molar-refractivity contribution >= 4 is 11.6 Å². The number of rotatable bonds is 6. The van der Waals surface area contributed by atoms with Crippen LogP contribution in [0, 0.1) is 5.82 Å². The summed E-state index contributed by atoms with van der Waals surface area (Å²) in [5.41, 5.74) is 1.80. The number of anilines is 1. The Balaban J connectivity index is 1.16. The largest absolute Gasteiger partial charge is 0.490 e. The Hall–Kier alpha value is -3.19. The highest BCUT2D eigenvalue weighted by Crippen LogP contribution is 2.28. The number of nitrogens with zero attached hydrogens (tertiary/aromatic N) is 3. The molecule has 1 amide bonds. The summed E-state index contributed by atoms with van der Waals surface area (Å²) in [6.45, 7) is 2.26. The average molecular weight is 435 g/mol. The first-order valence-corrected chi connectivity index (χ1v) is 11.3. The molecule has 0 unspecified atom stereocenters. The molecule has 2 fully saturated rings. The molecule has 1 aromatic heterocycles. The van der Waals surface area contributed by atoms with E-state index in [1.165, 1.54) is 49.7 Å². The summed E-state index contributed by atoms with van der Waals surface area (Å²) in [5, 5.41) is 7.04. The SMILES string of the molecule is O=C(Nc1ccc(F)cc1)c1cnn(-c2ccc(OC3CCN(C4CCC4)CC3)cc2)c1. The van der Waals surface area contributed by atoms with Gasteiger partial charge in [-0.1, -0.05) is 6.42 Å². The highest BCUT2D eigenvalue weighted by Gasteiger charge is 2.29. The molecule has 3 aromatic rings. The standard InChI is InChI=1S/C25H27FN4O2/c26-19-4-6-20(7-5-19)28-25(31)18-16-27-30(17-18)22-8-10-23(11-9-22)32-24-12-14-29(15-13-24)21-2-1-3-21/h4-11,16-17,21,24H,1-3,12-15H2,(H,28,31). The molecule has 0 radical (unpaired) electrons. The molecule has 1 aliphatic heterocycles. The molecule has 0 spiro atoms. The normalized spacial score (nSPS) is 17.7. The lowest BCUT2D eigenvalue weighted by atomic mass is 9.90. The number of halogens is 1. The molecule has 166 valence electrons. The fraction of sp³-hybridized carbons (Fsp3) is 0.360. The van der Waals surface area contributed by atoms with Gasteiger partial charge in [0.1, 0.15) is 17.7 Å². The van der Waals surface area contributed by atoms with Crippen LogP contribution in [0.1, 0.15) is 42.5 Å². The smallest absolute Gasteiger partial charge is 0.258 e. The van der Waals surface area contributed by atoms with Gasteiger partial charge >= 0.3 is 0 Å². The van der Waals surface area contributed by atoms with Crippen molar-refractivity contribution in [1.29, 1.82) is 0 Å². The zero-order chi connectivity index (χ0) is 21.9. The Morgan fingerprint density at radius 3 is 2.38 bits per heavy atom. The molecular formula is C25H27FN4O2. The maximum Gasteiger partial charge on any atom is 0.258 e. The van der Waals surface area contributed by atoms with Crippen molar-refractivity contribution in [1.82, 2.24) is 14.7 Å². The first-order valence-electron chi connectivity index (χ1n) is 11.3. The molecule has 2 aliphatic rings. The van der Waals surface area contributed by atoms with Gasteiger partial charge in [0.2, 0.25) is 0 Å². The van der Waals surface area contributed by atoms with Crippen LogP contribution in [0.25, 0.3) is 5.69 Å². The van der Waals surface area contributed by atoms with Crippen LogP contribution in [0.4, 0.5) is 10.1 Å². The second-order valence-corrected chi connectivity index (χ2v) is 8.57. The van der Waals surface area contributed by atoms with Gasteiger partial charge in [-0.3, -0.25) is 4.79 Å². The molecule has 0 atom stereocenters. The Kier molecular flexibility index (Phi) is 5.90. The van der Waals surface area contributed by atoms with E-state index >= 15 is 0 Å². The zero-order valence-electron chi connectivity index (χ0n) is 17.9. The number of piperidine rings is 1. The number of carbonyl (C=O) groups is 1. The van der Waals surface area contributed by atoms with Crippen LogP contribution in [-0.2, 0) is 0 Å².